The maximum absolute atomic E-state index is 14.1. The van der Waals surface area contributed by atoms with Crippen molar-refractivity contribution >= 4 is 21.3 Å². The number of rotatable bonds is 6. The average molecular weight is 540 g/mol. The van der Waals surface area contributed by atoms with Gasteiger partial charge in [-0.2, -0.15) is 36.2 Å². The van der Waals surface area contributed by atoms with E-state index in [1.807, 2.05) is 0 Å². The van der Waals surface area contributed by atoms with Gasteiger partial charge in [0.05, 0.1) is 17.3 Å². The Morgan fingerprint density at radius 3 is 2.42 bits per heavy atom. The maximum Gasteiger partial charge on any atom is 0.420 e. The van der Waals surface area contributed by atoms with Crippen LogP contribution in [0.1, 0.15) is 60.3 Å². The number of nitrogens with one attached hydrogen (secondary N) is 2. The van der Waals surface area contributed by atoms with Crippen molar-refractivity contribution in [2.45, 2.75) is 62.4 Å². The summed E-state index contributed by atoms with van der Waals surface area (Å²) in [5.74, 6) is -3.32. The quantitative estimate of drug-likeness (QED) is 0.315. The van der Waals surface area contributed by atoms with Gasteiger partial charge in [-0.3, -0.25) is 9.48 Å². The zero-order valence-corrected chi connectivity index (χ0v) is 20.0. The zero-order valence-electron chi connectivity index (χ0n) is 19.2. The summed E-state index contributed by atoms with van der Waals surface area (Å²) in [5.41, 5.74) is -3.60. The van der Waals surface area contributed by atoms with Gasteiger partial charge >= 0.3 is 12.4 Å². The van der Waals surface area contributed by atoms with E-state index in [1.165, 1.54) is 6.92 Å². The van der Waals surface area contributed by atoms with E-state index in [-0.39, 0.29) is 35.5 Å². The van der Waals surface area contributed by atoms with E-state index in [4.69, 9.17) is 4.78 Å². The van der Waals surface area contributed by atoms with Crippen LogP contribution in [0.3, 0.4) is 0 Å². The molecular formula is C21H23F6N5O3S. The lowest BCUT2D eigenvalue weighted by atomic mass is 9.63. The minimum absolute atomic E-state index is 0.149. The molecule has 2 aliphatic carbocycles. The van der Waals surface area contributed by atoms with Crippen molar-refractivity contribution < 1.29 is 40.1 Å². The average Bonchev–Trinajstić information content (AvgIpc) is 3.46. The van der Waals surface area contributed by atoms with Crippen LogP contribution in [0.15, 0.2) is 23.4 Å². The smallest absolute Gasteiger partial charge is 0.420 e. The molecule has 2 fully saturated rings. The summed E-state index contributed by atoms with van der Waals surface area (Å²) in [6.45, 7) is 1.18. The van der Waals surface area contributed by atoms with Crippen LogP contribution < -0.4 is 10.0 Å². The number of pyridine rings is 1. The molecule has 36 heavy (non-hydrogen) atoms. The summed E-state index contributed by atoms with van der Waals surface area (Å²) in [6.07, 6.45) is -7.30. The summed E-state index contributed by atoms with van der Waals surface area (Å²) < 4.78 is 102. The number of aromatic nitrogens is 3. The molecule has 15 heteroatoms. The number of nitrogens with zero attached hydrogens (tertiary/aromatic N) is 3. The summed E-state index contributed by atoms with van der Waals surface area (Å²) in [7, 11) is -3.52. The minimum atomic E-state index is -4.96. The van der Waals surface area contributed by atoms with Crippen LogP contribution >= 0.6 is 0 Å². The zero-order chi connectivity index (χ0) is 26.8. The van der Waals surface area contributed by atoms with Gasteiger partial charge < -0.3 is 10.5 Å². The van der Waals surface area contributed by atoms with Crippen LogP contribution in [0, 0.1) is 21.3 Å². The minimum Gasteiger partial charge on any atom is -0.618 e. The highest BCUT2D eigenvalue weighted by atomic mass is 32.2. The number of amides is 1. The van der Waals surface area contributed by atoms with Crippen molar-refractivity contribution in [3.05, 3.63) is 40.5 Å². The number of carbonyl (C=O) groups excluding carboxylic acids is 1. The molecule has 0 aromatic carbocycles. The largest absolute Gasteiger partial charge is 0.618 e. The van der Waals surface area contributed by atoms with Crippen molar-refractivity contribution in [2.24, 2.45) is 11.3 Å². The molecule has 2 heterocycles. The predicted octanol–water partition coefficient (Wildman–Crippen LogP) is 4.68. The topological polar surface area (TPSA) is 115 Å². The SMILES string of the molecule is CC1(Cn2nc(C3CC3)c(C(F)(F)F)c2C(=O)Nc2cc[n+]([O-])c(S(C)(=N)=O)c2)CC(C(F)(F)F)C1. The Bertz CT molecular complexity index is 1310. The van der Waals surface area contributed by atoms with E-state index < -0.39 is 61.5 Å². The fourth-order valence-electron chi connectivity index (χ4n) is 4.62. The molecule has 198 valence electrons. The fraction of sp³-hybridized carbons (Fsp3) is 0.571. The first-order valence-corrected chi connectivity index (χ1v) is 12.9. The second-order valence-electron chi connectivity index (χ2n) is 9.87. The van der Waals surface area contributed by atoms with E-state index in [2.05, 4.69) is 10.4 Å². The highest BCUT2D eigenvalue weighted by molar-refractivity contribution is 7.91. The number of carbonyl (C=O) groups is 1. The van der Waals surface area contributed by atoms with Crippen molar-refractivity contribution in [1.29, 1.82) is 4.78 Å². The lowest BCUT2D eigenvalue weighted by Crippen LogP contribution is -2.45. The number of alkyl halides is 6. The van der Waals surface area contributed by atoms with Gasteiger partial charge in [0.1, 0.15) is 21.0 Å². The van der Waals surface area contributed by atoms with Gasteiger partial charge in [-0.25, -0.2) is 8.99 Å². The van der Waals surface area contributed by atoms with Crippen molar-refractivity contribution in [1.82, 2.24) is 9.78 Å². The summed E-state index contributed by atoms with van der Waals surface area (Å²) in [6, 6.07) is 1.99. The Labute approximate surface area is 202 Å². The molecule has 2 aromatic heterocycles. The van der Waals surface area contributed by atoms with Crippen LogP contribution in [-0.2, 0) is 22.5 Å². The molecule has 0 saturated heterocycles. The molecular weight excluding hydrogens is 516 g/mol. The van der Waals surface area contributed by atoms with Crippen LogP contribution in [-0.4, -0.2) is 32.3 Å². The number of hydrogen-bond acceptors (Lipinski definition) is 5. The molecule has 0 spiro atoms. The molecule has 2 aliphatic rings. The Morgan fingerprint density at radius 1 is 1.31 bits per heavy atom. The van der Waals surface area contributed by atoms with E-state index >= 15 is 0 Å². The molecule has 1 amide bonds. The van der Waals surface area contributed by atoms with Gasteiger partial charge in [0.2, 0.25) is 0 Å². The Kier molecular flexibility index (Phi) is 6.08. The van der Waals surface area contributed by atoms with Gasteiger partial charge in [-0.05, 0) is 31.1 Å². The fourth-order valence-corrected chi connectivity index (χ4v) is 5.37. The first-order valence-electron chi connectivity index (χ1n) is 10.9. The second kappa shape index (κ2) is 8.35. The summed E-state index contributed by atoms with van der Waals surface area (Å²) in [5, 5.41) is 17.6. The molecule has 8 nitrogen and oxygen atoms in total. The van der Waals surface area contributed by atoms with Crippen molar-refractivity contribution in [2.75, 3.05) is 11.6 Å². The molecule has 0 radical (unpaired) electrons. The Balaban J connectivity index is 1.73. The van der Waals surface area contributed by atoms with E-state index in [1.54, 1.807) is 0 Å². The molecule has 1 unspecified atom stereocenters. The first kappa shape index (κ1) is 26.2. The molecule has 2 N–H and O–H groups in total. The number of halogens is 6. The van der Waals surface area contributed by atoms with E-state index in [9.17, 15) is 40.6 Å². The highest BCUT2D eigenvalue weighted by Crippen LogP contribution is 2.54. The molecule has 0 aliphatic heterocycles. The first-order chi connectivity index (χ1) is 16.4. The standard InChI is InChI=1S/C21H23F6N5O3S/c1-19(8-12(9-19)20(22,23)24)10-31-17(15(21(25,26)27)16(30-31)11-3-4-11)18(33)29-13-5-6-32(34)14(7-13)36(2,28)35/h5-7,11-12,28H,3-4,8-10H2,1-2H3,(H,29,33). The van der Waals surface area contributed by atoms with Gasteiger partial charge in [0, 0.05) is 30.9 Å². The second-order valence-corrected chi connectivity index (χ2v) is 12.0. The van der Waals surface area contributed by atoms with Crippen LogP contribution in [0.2, 0.25) is 0 Å². The third kappa shape index (κ3) is 5.15. The van der Waals surface area contributed by atoms with Crippen LogP contribution in [0.25, 0.3) is 0 Å². The molecule has 2 saturated carbocycles. The van der Waals surface area contributed by atoms with Crippen LogP contribution in [0.5, 0.6) is 0 Å². The predicted molar refractivity (Wildman–Crippen MR) is 114 cm³/mol. The maximum atomic E-state index is 14.1. The number of hydrogen-bond donors (Lipinski definition) is 2. The number of anilines is 1. The van der Waals surface area contributed by atoms with Gasteiger partial charge in [-0.15, -0.1) is 0 Å². The lowest BCUT2D eigenvalue weighted by Gasteiger charge is -2.46. The van der Waals surface area contributed by atoms with E-state index in [0.717, 1.165) is 29.3 Å². The summed E-state index contributed by atoms with van der Waals surface area (Å²) in [4.78, 5) is 13.2. The normalized spacial score (nSPS) is 24.2. The van der Waals surface area contributed by atoms with Crippen molar-refractivity contribution in [3.63, 3.8) is 0 Å². The monoisotopic (exact) mass is 539 g/mol. The van der Waals surface area contributed by atoms with Crippen molar-refractivity contribution in [3.8, 4) is 0 Å². The Hall–Kier alpha value is -2.84. The molecule has 4 rings (SSSR count). The molecule has 1 atom stereocenters. The van der Waals surface area contributed by atoms with Gasteiger partial charge in [-0.1, -0.05) is 6.92 Å². The van der Waals surface area contributed by atoms with Gasteiger partial charge in [0.25, 0.3) is 10.9 Å². The lowest BCUT2D eigenvalue weighted by molar-refractivity contribution is -0.646. The van der Waals surface area contributed by atoms with E-state index in [0.29, 0.717) is 12.8 Å². The molecule has 2 aromatic rings. The third-order valence-electron chi connectivity index (χ3n) is 6.46. The molecule has 0 bridgehead atoms. The van der Waals surface area contributed by atoms with Crippen LogP contribution in [0.4, 0.5) is 32.0 Å². The third-order valence-corrected chi connectivity index (χ3v) is 7.55. The highest BCUT2D eigenvalue weighted by Gasteiger charge is 2.54. The summed E-state index contributed by atoms with van der Waals surface area (Å²) >= 11 is 0. The Morgan fingerprint density at radius 2 is 1.92 bits per heavy atom. The van der Waals surface area contributed by atoms with Gasteiger partial charge in [0.15, 0.2) is 6.20 Å².